The van der Waals surface area contributed by atoms with E-state index in [9.17, 15) is 28.3 Å². The summed E-state index contributed by atoms with van der Waals surface area (Å²) in [5.74, 6) is -4.01. The Hall–Kier alpha value is -4.09. The minimum absolute atomic E-state index is 0.0124. The number of aromatic nitrogens is 1. The van der Waals surface area contributed by atoms with Crippen LogP contribution in [0.4, 0.5) is 8.78 Å². The van der Waals surface area contributed by atoms with Gasteiger partial charge in [0.25, 0.3) is 11.8 Å². The van der Waals surface area contributed by atoms with Gasteiger partial charge in [-0.15, -0.1) is 0 Å². The van der Waals surface area contributed by atoms with Crippen molar-refractivity contribution in [3.8, 4) is 5.75 Å². The fourth-order valence-electron chi connectivity index (χ4n) is 4.79. The first-order chi connectivity index (χ1) is 17.8. The third-order valence-electron chi connectivity index (χ3n) is 6.53. The predicted octanol–water partition coefficient (Wildman–Crippen LogP) is 2.33. The van der Waals surface area contributed by atoms with E-state index in [1.807, 2.05) is 30.3 Å². The van der Waals surface area contributed by atoms with Crippen molar-refractivity contribution >= 4 is 11.8 Å². The summed E-state index contributed by atoms with van der Waals surface area (Å²) in [6.07, 6.45) is -0.0724. The molecule has 0 aliphatic carbocycles. The van der Waals surface area contributed by atoms with Crippen molar-refractivity contribution in [2.75, 3.05) is 13.7 Å². The molecule has 11 heteroatoms. The van der Waals surface area contributed by atoms with Crippen molar-refractivity contribution in [3.63, 3.8) is 0 Å². The molecule has 2 aliphatic heterocycles. The van der Waals surface area contributed by atoms with Gasteiger partial charge in [0.15, 0.2) is 17.7 Å². The summed E-state index contributed by atoms with van der Waals surface area (Å²) >= 11 is 0. The summed E-state index contributed by atoms with van der Waals surface area (Å²) in [5.41, 5.74) is -0.893. The normalized spacial score (nSPS) is 20.5. The van der Waals surface area contributed by atoms with E-state index in [4.69, 9.17) is 9.47 Å². The molecule has 2 amide bonds. The first kappa shape index (κ1) is 24.6. The zero-order valence-corrected chi connectivity index (χ0v) is 19.7. The molecule has 0 spiro atoms. The molecule has 1 saturated heterocycles. The highest BCUT2D eigenvalue weighted by atomic mass is 19.1. The van der Waals surface area contributed by atoms with Crippen LogP contribution in [0.3, 0.4) is 0 Å². The number of halogens is 2. The van der Waals surface area contributed by atoms with Crippen molar-refractivity contribution < 1.29 is 33.0 Å². The SMILES string of the molecule is COCC1C(c2ccccc2)OC2Cn3cc(C(=O)NCc4ccc(F)cc4F)c(=O)c(O)c3C(=O)N21. The molecule has 0 bridgehead atoms. The van der Waals surface area contributed by atoms with Gasteiger partial charge in [-0.05, 0) is 11.6 Å². The van der Waals surface area contributed by atoms with Crippen LogP contribution in [0.25, 0.3) is 0 Å². The average molecular weight is 511 g/mol. The Balaban J connectivity index is 1.44. The molecule has 5 rings (SSSR count). The number of hydrogen-bond donors (Lipinski definition) is 2. The van der Waals surface area contributed by atoms with Gasteiger partial charge in [-0.25, -0.2) is 8.78 Å². The first-order valence-corrected chi connectivity index (χ1v) is 11.5. The van der Waals surface area contributed by atoms with E-state index in [2.05, 4.69) is 5.32 Å². The van der Waals surface area contributed by atoms with Gasteiger partial charge in [0, 0.05) is 31.5 Å². The molecule has 1 aromatic heterocycles. The highest BCUT2D eigenvalue weighted by Gasteiger charge is 2.49. The van der Waals surface area contributed by atoms with Gasteiger partial charge in [0.1, 0.15) is 23.3 Å². The third kappa shape index (κ3) is 4.36. The number of pyridine rings is 1. The maximum Gasteiger partial charge on any atom is 0.277 e. The monoisotopic (exact) mass is 511 g/mol. The molecule has 9 nitrogen and oxygen atoms in total. The predicted molar refractivity (Wildman–Crippen MR) is 126 cm³/mol. The molecule has 37 heavy (non-hydrogen) atoms. The summed E-state index contributed by atoms with van der Waals surface area (Å²) in [6, 6.07) is 11.7. The molecular formula is C26H23F2N3O6. The molecule has 3 atom stereocenters. The Labute approximate surface area is 209 Å². The fraction of sp³-hybridized carbons (Fsp3) is 0.269. The van der Waals surface area contributed by atoms with Crippen LogP contribution in [0.2, 0.25) is 0 Å². The molecule has 2 aliphatic rings. The zero-order valence-electron chi connectivity index (χ0n) is 19.7. The average Bonchev–Trinajstić information content (AvgIpc) is 3.24. The first-order valence-electron chi connectivity index (χ1n) is 11.5. The molecule has 3 heterocycles. The Bertz CT molecular complexity index is 1430. The van der Waals surface area contributed by atoms with Gasteiger partial charge in [0.2, 0.25) is 5.43 Å². The highest BCUT2D eigenvalue weighted by Crippen LogP contribution is 2.39. The Morgan fingerprint density at radius 1 is 1.19 bits per heavy atom. The van der Waals surface area contributed by atoms with Gasteiger partial charge in [-0.1, -0.05) is 36.4 Å². The van der Waals surface area contributed by atoms with E-state index >= 15 is 0 Å². The lowest BCUT2D eigenvalue weighted by Gasteiger charge is -2.34. The Kier molecular flexibility index (Phi) is 6.48. The number of aromatic hydroxyl groups is 1. The lowest BCUT2D eigenvalue weighted by Crippen LogP contribution is -2.51. The number of nitrogens with zero attached hydrogens (tertiary/aromatic N) is 2. The van der Waals surface area contributed by atoms with Crippen LogP contribution in [0.15, 0.2) is 59.5 Å². The van der Waals surface area contributed by atoms with Crippen LogP contribution >= 0.6 is 0 Å². The highest BCUT2D eigenvalue weighted by molar-refractivity contribution is 5.99. The molecule has 1 fully saturated rings. The van der Waals surface area contributed by atoms with E-state index in [0.717, 1.165) is 11.6 Å². The third-order valence-corrected chi connectivity index (χ3v) is 6.53. The number of fused-ring (bicyclic) bond motifs is 2. The van der Waals surface area contributed by atoms with Crippen molar-refractivity contribution in [2.45, 2.75) is 31.5 Å². The van der Waals surface area contributed by atoms with Crippen molar-refractivity contribution in [2.24, 2.45) is 0 Å². The van der Waals surface area contributed by atoms with E-state index in [0.29, 0.717) is 6.07 Å². The number of amides is 2. The second-order valence-corrected chi connectivity index (χ2v) is 8.80. The smallest absolute Gasteiger partial charge is 0.277 e. The molecule has 3 aromatic rings. The number of carbonyl (C=O) groups is 2. The van der Waals surface area contributed by atoms with E-state index < -0.39 is 58.6 Å². The molecule has 3 unspecified atom stereocenters. The quantitative estimate of drug-likeness (QED) is 0.526. The largest absolute Gasteiger partial charge is 0.503 e. The van der Waals surface area contributed by atoms with Crippen LogP contribution in [0.5, 0.6) is 5.75 Å². The number of ether oxygens (including phenoxy) is 2. The summed E-state index contributed by atoms with van der Waals surface area (Å²) < 4.78 is 39.9. The summed E-state index contributed by atoms with van der Waals surface area (Å²) in [4.78, 5) is 40.6. The van der Waals surface area contributed by atoms with E-state index in [1.54, 1.807) is 0 Å². The number of methoxy groups -OCH3 is 1. The lowest BCUT2D eigenvalue weighted by molar-refractivity contribution is -0.0155. The maximum absolute atomic E-state index is 13.9. The number of benzene rings is 2. The van der Waals surface area contributed by atoms with Crippen molar-refractivity contribution in [1.82, 2.24) is 14.8 Å². The zero-order chi connectivity index (χ0) is 26.3. The molecular weight excluding hydrogens is 488 g/mol. The van der Waals surface area contributed by atoms with Gasteiger partial charge in [-0.3, -0.25) is 14.4 Å². The van der Waals surface area contributed by atoms with E-state index in [-0.39, 0.29) is 31.0 Å². The van der Waals surface area contributed by atoms with Crippen molar-refractivity contribution in [3.05, 3.63) is 99.0 Å². The Morgan fingerprint density at radius 3 is 2.65 bits per heavy atom. The van der Waals surface area contributed by atoms with Gasteiger partial charge >= 0.3 is 0 Å². The summed E-state index contributed by atoms with van der Waals surface area (Å²) in [6.45, 7) is -0.110. The van der Waals surface area contributed by atoms with Gasteiger partial charge in [0.05, 0.1) is 19.2 Å². The van der Waals surface area contributed by atoms with Crippen LogP contribution < -0.4 is 10.7 Å². The molecule has 192 valence electrons. The molecule has 2 aromatic carbocycles. The Morgan fingerprint density at radius 2 is 1.95 bits per heavy atom. The minimum atomic E-state index is -1.04. The summed E-state index contributed by atoms with van der Waals surface area (Å²) in [5, 5.41) is 13.1. The van der Waals surface area contributed by atoms with Crippen LogP contribution in [-0.2, 0) is 22.6 Å². The standard InChI is InChI=1S/C26H23F2N3O6/c1-36-13-19-24(14-5-3-2-4-6-14)37-20-12-30-11-17(22(32)23(33)21(30)26(35)31(19)20)25(34)29-10-15-7-8-16(27)9-18(15)28/h2-9,11,19-20,24,33H,10,12-13H2,1H3,(H,29,34). The molecule has 2 N–H and O–H groups in total. The fourth-order valence-corrected chi connectivity index (χ4v) is 4.79. The van der Waals surface area contributed by atoms with Crippen LogP contribution in [0.1, 0.15) is 38.1 Å². The van der Waals surface area contributed by atoms with Gasteiger partial charge < -0.3 is 29.4 Å². The summed E-state index contributed by atoms with van der Waals surface area (Å²) in [7, 11) is 1.50. The topological polar surface area (TPSA) is 110 Å². The minimum Gasteiger partial charge on any atom is -0.503 e. The van der Waals surface area contributed by atoms with Gasteiger partial charge in [-0.2, -0.15) is 0 Å². The molecule has 0 saturated carbocycles. The van der Waals surface area contributed by atoms with Crippen LogP contribution in [-0.4, -0.2) is 52.4 Å². The molecule has 0 radical (unpaired) electrons. The second-order valence-electron chi connectivity index (χ2n) is 8.80. The lowest BCUT2D eigenvalue weighted by atomic mass is 10.0. The number of hydrogen-bond acceptors (Lipinski definition) is 6. The van der Waals surface area contributed by atoms with Crippen LogP contribution in [0, 0.1) is 11.6 Å². The number of carbonyl (C=O) groups excluding carboxylic acids is 2. The maximum atomic E-state index is 13.9. The second kappa shape index (κ2) is 9.75. The number of rotatable bonds is 6. The van der Waals surface area contributed by atoms with Crippen molar-refractivity contribution in [1.29, 1.82) is 0 Å². The van der Waals surface area contributed by atoms with E-state index in [1.165, 1.54) is 28.8 Å². The number of nitrogens with one attached hydrogen (secondary N) is 1.